The standard InChI is InChI=1S/C18H14N2O3/c1-12-15(9-10-19-17(12)23-18(21)22)14-7-8-16(20-11-14)13-5-3-2-4-6-13/h2-11H,1H3,(H,21,22). The van der Waals surface area contributed by atoms with E-state index in [1.54, 1.807) is 13.1 Å². The summed E-state index contributed by atoms with van der Waals surface area (Å²) in [7, 11) is 0. The fraction of sp³-hybridized carbons (Fsp3) is 0.0556. The second kappa shape index (κ2) is 6.27. The highest BCUT2D eigenvalue weighted by Crippen LogP contribution is 2.29. The summed E-state index contributed by atoms with van der Waals surface area (Å²) in [6.45, 7) is 1.77. The summed E-state index contributed by atoms with van der Waals surface area (Å²) in [6, 6.07) is 15.6. The van der Waals surface area contributed by atoms with Gasteiger partial charge in [-0.1, -0.05) is 36.4 Å². The summed E-state index contributed by atoms with van der Waals surface area (Å²) in [5.74, 6) is 0.0853. The van der Waals surface area contributed by atoms with Gasteiger partial charge in [-0.3, -0.25) is 4.98 Å². The molecule has 114 valence electrons. The minimum absolute atomic E-state index is 0.0853. The van der Waals surface area contributed by atoms with Gasteiger partial charge >= 0.3 is 6.16 Å². The molecule has 2 aromatic heterocycles. The van der Waals surface area contributed by atoms with Crippen molar-refractivity contribution in [2.75, 3.05) is 0 Å². The van der Waals surface area contributed by atoms with Crippen molar-refractivity contribution in [1.29, 1.82) is 0 Å². The Hall–Kier alpha value is -3.21. The number of hydrogen-bond acceptors (Lipinski definition) is 4. The minimum atomic E-state index is -1.38. The van der Waals surface area contributed by atoms with E-state index in [0.29, 0.717) is 5.56 Å². The van der Waals surface area contributed by atoms with Gasteiger partial charge in [0.2, 0.25) is 5.88 Å². The Morgan fingerprint density at radius 1 is 1.00 bits per heavy atom. The van der Waals surface area contributed by atoms with E-state index in [2.05, 4.69) is 14.7 Å². The molecule has 0 fully saturated rings. The first-order valence-corrected chi connectivity index (χ1v) is 7.03. The number of rotatable bonds is 3. The zero-order valence-electron chi connectivity index (χ0n) is 12.4. The molecule has 0 atom stereocenters. The quantitative estimate of drug-likeness (QED) is 0.735. The fourth-order valence-electron chi connectivity index (χ4n) is 2.35. The van der Waals surface area contributed by atoms with Crippen LogP contribution in [0.2, 0.25) is 0 Å². The number of nitrogens with zero attached hydrogens (tertiary/aromatic N) is 2. The van der Waals surface area contributed by atoms with Gasteiger partial charge in [0.25, 0.3) is 0 Å². The lowest BCUT2D eigenvalue weighted by atomic mass is 10.0. The zero-order chi connectivity index (χ0) is 16.2. The van der Waals surface area contributed by atoms with Crippen LogP contribution >= 0.6 is 0 Å². The number of ether oxygens (including phenoxy) is 1. The highest BCUT2D eigenvalue weighted by molar-refractivity contribution is 5.71. The van der Waals surface area contributed by atoms with E-state index >= 15 is 0 Å². The van der Waals surface area contributed by atoms with E-state index in [0.717, 1.165) is 22.4 Å². The monoisotopic (exact) mass is 306 g/mol. The lowest BCUT2D eigenvalue weighted by molar-refractivity contribution is 0.142. The molecule has 2 heterocycles. The van der Waals surface area contributed by atoms with Crippen LogP contribution in [0.3, 0.4) is 0 Å². The molecule has 0 aliphatic rings. The Morgan fingerprint density at radius 3 is 2.43 bits per heavy atom. The summed E-state index contributed by atoms with van der Waals surface area (Å²) in [4.78, 5) is 19.1. The molecule has 0 aliphatic heterocycles. The van der Waals surface area contributed by atoms with Crippen LogP contribution in [0, 0.1) is 6.92 Å². The molecule has 0 aliphatic carbocycles. The Labute approximate surface area is 133 Å². The Morgan fingerprint density at radius 2 is 1.78 bits per heavy atom. The van der Waals surface area contributed by atoms with E-state index in [1.807, 2.05) is 48.5 Å². The third-order valence-corrected chi connectivity index (χ3v) is 3.49. The molecule has 0 radical (unpaired) electrons. The highest BCUT2D eigenvalue weighted by Gasteiger charge is 2.12. The molecule has 0 unspecified atom stereocenters. The van der Waals surface area contributed by atoms with Crippen LogP contribution in [0.4, 0.5) is 4.79 Å². The van der Waals surface area contributed by atoms with Gasteiger partial charge < -0.3 is 9.84 Å². The predicted molar refractivity (Wildman–Crippen MR) is 86.3 cm³/mol. The molecule has 5 nitrogen and oxygen atoms in total. The summed E-state index contributed by atoms with van der Waals surface area (Å²) in [5.41, 5.74) is 4.29. The summed E-state index contributed by atoms with van der Waals surface area (Å²) < 4.78 is 4.69. The van der Waals surface area contributed by atoms with Gasteiger partial charge in [-0.25, -0.2) is 9.78 Å². The first kappa shape index (κ1) is 14.7. The molecule has 1 aromatic carbocycles. The smallest absolute Gasteiger partial charge is 0.449 e. The lowest BCUT2D eigenvalue weighted by Gasteiger charge is -2.09. The molecule has 3 aromatic rings. The molecule has 23 heavy (non-hydrogen) atoms. The van der Waals surface area contributed by atoms with Crippen molar-refractivity contribution in [2.45, 2.75) is 6.92 Å². The van der Waals surface area contributed by atoms with Crippen molar-refractivity contribution in [3.05, 3.63) is 66.5 Å². The van der Waals surface area contributed by atoms with Crippen molar-refractivity contribution in [3.8, 4) is 28.3 Å². The fourth-order valence-corrected chi connectivity index (χ4v) is 2.35. The Bertz CT molecular complexity index is 831. The minimum Gasteiger partial charge on any atom is -0.449 e. The molecule has 0 bridgehead atoms. The van der Waals surface area contributed by atoms with Crippen molar-refractivity contribution in [2.24, 2.45) is 0 Å². The van der Waals surface area contributed by atoms with Crippen molar-refractivity contribution in [1.82, 2.24) is 9.97 Å². The SMILES string of the molecule is Cc1c(-c2ccc(-c3ccccc3)nc2)ccnc1OC(=O)O. The van der Waals surface area contributed by atoms with Gasteiger partial charge in [0.15, 0.2) is 0 Å². The van der Waals surface area contributed by atoms with E-state index < -0.39 is 6.16 Å². The number of carbonyl (C=O) groups is 1. The normalized spacial score (nSPS) is 10.3. The van der Waals surface area contributed by atoms with Gasteiger partial charge in [0.1, 0.15) is 0 Å². The van der Waals surface area contributed by atoms with Crippen LogP contribution in [-0.4, -0.2) is 21.2 Å². The highest BCUT2D eigenvalue weighted by atomic mass is 16.7. The maximum absolute atomic E-state index is 10.7. The largest absolute Gasteiger partial charge is 0.512 e. The number of aromatic nitrogens is 2. The summed E-state index contributed by atoms with van der Waals surface area (Å²) in [5, 5.41) is 8.74. The number of benzene rings is 1. The molecule has 1 N–H and O–H groups in total. The third kappa shape index (κ3) is 3.18. The van der Waals surface area contributed by atoms with Crippen molar-refractivity contribution in [3.63, 3.8) is 0 Å². The second-order valence-electron chi connectivity index (χ2n) is 4.95. The first-order valence-electron chi connectivity index (χ1n) is 7.03. The second-order valence-corrected chi connectivity index (χ2v) is 4.95. The van der Waals surface area contributed by atoms with Gasteiger partial charge in [-0.05, 0) is 24.6 Å². The number of hydrogen-bond donors (Lipinski definition) is 1. The maximum Gasteiger partial charge on any atom is 0.512 e. The molecule has 0 spiro atoms. The first-order chi connectivity index (χ1) is 11.1. The van der Waals surface area contributed by atoms with Gasteiger partial charge in [-0.2, -0.15) is 0 Å². The third-order valence-electron chi connectivity index (χ3n) is 3.49. The van der Waals surface area contributed by atoms with E-state index in [-0.39, 0.29) is 5.88 Å². The molecular formula is C18H14N2O3. The lowest BCUT2D eigenvalue weighted by Crippen LogP contribution is -2.06. The van der Waals surface area contributed by atoms with Crippen LogP contribution in [-0.2, 0) is 0 Å². The van der Waals surface area contributed by atoms with Crippen molar-refractivity contribution < 1.29 is 14.6 Å². The average molecular weight is 306 g/mol. The Kier molecular flexibility index (Phi) is 4.01. The topological polar surface area (TPSA) is 72.3 Å². The van der Waals surface area contributed by atoms with E-state index in [9.17, 15) is 4.79 Å². The maximum atomic E-state index is 10.7. The van der Waals surface area contributed by atoms with Crippen LogP contribution < -0.4 is 4.74 Å². The van der Waals surface area contributed by atoms with Crippen LogP contribution in [0.1, 0.15) is 5.56 Å². The number of pyridine rings is 2. The predicted octanol–water partition coefficient (Wildman–Crippen LogP) is 4.18. The van der Waals surface area contributed by atoms with Crippen LogP contribution in [0.5, 0.6) is 5.88 Å². The van der Waals surface area contributed by atoms with Gasteiger partial charge in [0, 0.05) is 29.1 Å². The van der Waals surface area contributed by atoms with E-state index in [4.69, 9.17) is 5.11 Å². The Balaban J connectivity index is 1.95. The van der Waals surface area contributed by atoms with Gasteiger partial charge in [-0.15, -0.1) is 0 Å². The molecule has 0 amide bonds. The van der Waals surface area contributed by atoms with Crippen molar-refractivity contribution >= 4 is 6.16 Å². The zero-order valence-corrected chi connectivity index (χ0v) is 12.4. The average Bonchev–Trinajstić information content (AvgIpc) is 2.57. The van der Waals surface area contributed by atoms with Crippen LogP contribution in [0.25, 0.3) is 22.4 Å². The molecule has 0 saturated carbocycles. The molecule has 5 heteroatoms. The van der Waals surface area contributed by atoms with Crippen LogP contribution in [0.15, 0.2) is 60.9 Å². The number of carboxylic acid groups (broad SMARTS) is 1. The molecular weight excluding hydrogens is 292 g/mol. The molecule has 0 saturated heterocycles. The molecule has 3 rings (SSSR count). The van der Waals surface area contributed by atoms with E-state index in [1.165, 1.54) is 6.20 Å². The van der Waals surface area contributed by atoms with Gasteiger partial charge in [0.05, 0.1) is 5.69 Å². The summed E-state index contributed by atoms with van der Waals surface area (Å²) in [6.07, 6.45) is 1.90. The summed E-state index contributed by atoms with van der Waals surface area (Å²) >= 11 is 0.